The predicted octanol–water partition coefficient (Wildman–Crippen LogP) is 0.156. The molecule has 0 heterocycles. The van der Waals surface area contributed by atoms with Crippen LogP contribution >= 0.6 is 0 Å². The van der Waals surface area contributed by atoms with Gasteiger partial charge in [0.05, 0.1) is 19.1 Å². The van der Waals surface area contributed by atoms with Crippen molar-refractivity contribution in [2.45, 2.75) is 66.0 Å². The number of aliphatic carboxylic acids is 2. The molecule has 0 aromatic carbocycles. The third kappa shape index (κ3) is 17.0. The first-order valence-electron chi connectivity index (χ1n) is 9.17. The van der Waals surface area contributed by atoms with Crippen LogP contribution in [-0.2, 0) is 24.0 Å². The van der Waals surface area contributed by atoms with Gasteiger partial charge in [0, 0.05) is 24.8 Å². The summed E-state index contributed by atoms with van der Waals surface area (Å²) in [4.78, 5) is 55.3. The second-order valence-corrected chi connectivity index (χ2v) is 6.67. The second-order valence-electron chi connectivity index (χ2n) is 6.67. The summed E-state index contributed by atoms with van der Waals surface area (Å²) in [6.45, 7) is 8.59. The molecule has 28 heavy (non-hydrogen) atoms. The first-order chi connectivity index (χ1) is 12.9. The van der Waals surface area contributed by atoms with E-state index in [4.69, 9.17) is 10.2 Å². The molecular weight excluding hydrogens is 370 g/mol. The average molecular weight is 403 g/mol. The molecule has 0 saturated heterocycles. The number of amides is 2. The fraction of sp³-hybridized carbons (Fsp3) is 0.722. The van der Waals surface area contributed by atoms with Gasteiger partial charge in [-0.25, -0.2) is 0 Å². The molecule has 1 unspecified atom stereocenters. The third-order valence-corrected chi connectivity index (χ3v) is 3.31. The zero-order chi connectivity index (χ0) is 22.3. The monoisotopic (exact) mass is 403 g/mol. The van der Waals surface area contributed by atoms with Crippen molar-refractivity contribution >= 4 is 29.5 Å². The summed E-state index contributed by atoms with van der Waals surface area (Å²) in [5.41, 5.74) is 0. The van der Waals surface area contributed by atoms with Gasteiger partial charge in [-0.15, -0.1) is 0 Å². The van der Waals surface area contributed by atoms with Crippen LogP contribution in [-0.4, -0.2) is 64.9 Å². The zero-order valence-corrected chi connectivity index (χ0v) is 17.2. The van der Waals surface area contributed by atoms with E-state index in [9.17, 15) is 24.0 Å². The molecule has 1 atom stereocenters. The Kier molecular flexibility index (Phi) is 15.4. The number of hydrogen-bond donors (Lipinski definition) is 5. The van der Waals surface area contributed by atoms with E-state index in [1.807, 2.05) is 13.8 Å². The van der Waals surface area contributed by atoms with Gasteiger partial charge in [-0.1, -0.05) is 34.6 Å². The first-order valence-corrected chi connectivity index (χ1v) is 9.17. The van der Waals surface area contributed by atoms with Gasteiger partial charge in [0.15, 0.2) is 5.78 Å². The van der Waals surface area contributed by atoms with E-state index < -0.39 is 23.9 Å². The fourth-order valence-corrected chi connectivity index (χ4v) is 1.74. The normalized spacial score (nSPS) is 11.2. The number of carboxylic acid groups (broad SMARTS) is 2. The minimum Gasteiger partial charge on any atom is -0.481 e. The number of rotatable bonds is 12. The van der Waals surface area contributed by atoms with Crippen molar-refractivity contribution in [2.24, 2.45) is 5.92 Å². The molecule has 10 nitrogen and oxygen atoms in total. The van der Waals surface area contributed by atoms with Crippen molar-refractivity contribution in [3.05, 3.63) is 0 Å². The van der Waals surface area contributed by atoms with E-state index in [0.29, 0.717) is 0 Å². The minimum absolute atomic E-state index is 0.0287. The smallest absolute Gasteiger partial charge is 0.303 e. The standard InChI is InChI=1S/C15H27N3O5.C3H6O2/c1-9(2)15(23)11(5-6-14(21)22)18-13(20)8-17-12(19)7-16-10(3)4;1-2-3(4)5/h9-11,16H,5-8H2,1-4H3,(H,17,19)(H,18,20)(H,21,22);2H2,1H3,(H,4,5). The summed E-state index contributed by atoms with van der Waals surface area (Å²) >= 11 is 0. The first kappa shape index (κ1) is 27.7. The van der Waals surface area contributed by atoms with Gasteiger partial charge in [0.2, 0.25) is 11.8 Å². The summed E-state index contributed by atoms with van der Waals surface area (Å²) in [6.07, 6.45) is 0.0367. The Morgan fingerprint density at radius 1 is 0.857 bits per heavy atom. The Morgan fingerprint density at radius 3 is 1.79 bits per heavy atom. The highest BCUT2D eigenvalue weighted by atomic mass is 16.4. The van der Waals surface area contributed by atoms with Gasteiger partial charge in [0.25, 0.3) is 0 Å². The zero-order valence-electron chi connectivity index (χ0n) is 17.2. The topological polar surface area (TPSA) is 162 Å². The van der Waals surface area contributed by atoms with Gasteiger partial charge in [0.1, 0.15) is 0 Å². The van der Waals surface area contributed by atoms with Crippen LogP contribution < -0.4 is 16.0 Å². The number of nitrogens with one attached hydrogen (secondary N) is 3. The minimum atomic E-state index is -1.03. The molecule has 0 bridgehead atoms. The Balaban J connectivity index is 0. The van der Waals surface area contributed by atoms with E-state index in [0.717, 1.165) is 0 Å². The highest BCUT2D eigenvalue weighted by Crippen LogP contribution is 2.06. The molecule has 0 aliphatic heterocycles. The molecule has 0 spiro atoms. The number of carbonyl (C=O) groups is 5. The molecule has 0 saturated carbocycles. The third-order valence-electron chi connectivity index (χ3n) is 3.31. The summed E-state index contributed by atoms with van der Waals surface area (Å²) in [5, 5.41) is 24.3. The van der Waals surface area contributed by atoms with Gasteiger partial charge in [-0.05, 0) is 6.42 Å². The number of hydrogen-bond acceptors (Lipinski definition) is 6. The van der Waals surface area contributed by atoms with Crippen molar-refractivity contribution < 1.29 is 34.2 Å². The Morgan fingerprint density at radius 2 is 1.39 bits per heavy atom. The van der Waals surface area contributed by atoms with Crippen LogP contribution in [0.2, 0.25) is 0 Å². The van der Waals surface area contributed by atoms with E-state index in [1.165, 1.54) is 0 Å². The molecule has 2 amide bonds. The van der Waals surface area contributed by atoms with E-state index in [1.54, 1.807) is 20.8 Å². The quantitative estimate of drug-likeness (QED) is 0.308. The fourth-order valence-electron chi connectivity index (χ4n) is 1.74. The van der Waals surface area contributed by atoms with Gasteiger partial charge in [-0.3, -0.25) is 24.0 Å². The molecule has 0 fully saturated rings. The van der Waals surface area contributed by atoms with Crippen LogP contribution in [0.25, 0.3) is 0 Å². The number of Topliss-reactive ketones (excluding diaryl/α,β-unsaturated/α-hetero) is 1. The van der Waals surface area contributed by atoms with Crippen LogP contribution in [0.15, 0.2) is 0 Å². The Labute approximate surface area is 165 Å². The molecule has 0 aromatic rings. The SMILES string of the molecule is CC(C)NCC(=O)NCC(=O)NC(CCC(=O)O)C(=O)C(C)C.CCC(=O)O. The molecule has 0 radical (unpaired) electrons. The van der Waals surface area contributed by atoms with Crippen molar-refractivity contribution in [3.63, 3.8) is 0 Å². The van der Waals surface area contributed by atoms with Gasteiger partial charge in [-0.2, -0.15) is 0 Å². The maximum absolute atomic E-state index is 12.0. The van der Waals surface area contributed by atoms with Crippen LogP contribution in [0.1, 0.15) is 53.9 Å². The lowest BCUT2D eigenvalue weighted by Gasteiger charge is -2.19. The summed E-state index contributed by atoms with van der Waals surface area (Å²) < 4.78 is 0. The molecule has 0 aromatic heterocycles. The maximum Gasteiger partial charge on any atom is 0.303 e. The van der Waals surface area contributed by atoms with E-state index >= 15 is 0 Å². The molecule has 0 aliphatic carbocycles. The van der Waals surface area contributed by atoms with Crippen molar-refractivity contribution in [1.82, 2.24) is 16.0 Å². The summed E-state index contributed by atoms with van der Waals surface area (Å²) in [5.74, 6) is -3.18. The van der Waals surface area contributed by atoms with Gasteiger partial charge < -0.3 is 26.2 Å². The lowest BCUT2D eigenvalue weighted by atomic mass is 9.98. The molecule has 10 heteroatoms. The number of carbonyl (C=O) groups excluding carboxylic acids is 3. The average Bonchev–Trinajstić information content (AvgIpc) is 2.61. The molecule has 162 valence electrons. The lowest BCUT2D eigenvalue weighted by Crippen LogP contribution is -2.48. The Bertz CT molecular complexity index is 533. The summed E-state index contributed by atoms with van der Waals surface area (Å²) in [6, 6.07) is -0.706. The van der Waals surface area contributed by atoms with Crippen LogP contribution in [0.3, 0.4) is 0 Å². The molecule has 5 N–H and O–H groups in total. The maximum atomic E-state index is 12.0. The van der Waals surface area contributed by atoms with E-state index in [-0.39, 0.29) is 56.0 Å². The van der Waals surface area contributed by atoms with E-state index in [2.05, 4.69) is 16.0 Å². The predicted molar refractivity (Wildman–Crippen MR) is 103 cm³/mol. The molecule has 0 rings (SSSR count). The highest BCUT2D eigenvalue weighted by Gasteiger charge is 2.23. The summed E-state index contributed by atoms with van der Waals surface area (Å²) in [7, 11) is 0. The van der Waals surface area contributed by atoms with Crippen molar-refractivity contribution in [2.75, 3.05) is 13.1 Å². The van der Waals surface area contributed by atoms with Crippen molar-refractivity contribution in [3.8, 4) is 0 Å². The van der Waals surface area contributed by atoms with Crippen LogP contribution in [0, 0.1) is 5.92 Å². The van der Waals surface area contributed by atoms with Crippen molar-refractivity contribution in [1.29, 1.82) is 0 Å². The molecule has 0 aliphatic rings. The Hall–Kier alpha value is -2.49. The van der Waals surface area contributed by atoms with Crippen LogP contribution in [0.5, 0.6) is 0 Å². The lowest BCUT2D eigenvalue weighted by molar-refractivity contribution is -0.138. The van der Waals surface area contributed by atoms with Gasteiger partial charge >= 0.3 is 11.9 Å². The second kappa shape index (κ2) is 15.6. The number of carboxylic acids is 2. The highest BCUT2D eigenvalue weighted by molar-refractivity contribution is 5.92. The molecular formula is C18H33N3O7. The number of ketones is 1. The van der Waals surface area contributed by atoms with Crippen LogP contribution in [0.4, 0.5) is 0 Å². The largest absolute Gasteiger partial charge is 0.481 e.